The molecule has 2 aromatic rings. The molecule has 0 bridgehead atoms. The summed E-state index contributed by atoms with van der Waals surface area (Å²) in [6.07, 6.45) is 6.80. The summed E-state index contributed by atoms with van der Waals surface area (Å²) < 4.78 is 20.0. The maximum atomic E-state index is 13.8. The lowest BCUT2D eigenvalue weighted by molar-refractivity contribution is 0.368. The number of rotatable bonds is 4. The van der Waals surface area contributed by atoms with Gasteiger partial charge in [-0.3, -0.25) is 0 Å². The van der Waals surface area contributed by atoms with E-state index < -0.39 is 5.82 Å². The molecular formula is C18H11FINO. The summed E-state index contributed by atoms with van der Waals surface area (Å²) in [7, 11) is 0. The Morgan fingerprint density at radius 2 is 2.09 bits per heavy atom. The number of halogens is 2. The van der Waals surface area contributed by atoms with Gasteiger partial charge in [0.1, 0.15) is 18.2 Å². The van der Waals surface area contributed by atoms with Crippen LogP contribution in [0.3, 0.4) is 0 Å². The highest BCUT2D eigenvalue weighted by atomic mass is 127. The Morgan fingerprint density at radius 1 is 1.32 bits per heavy atom. The van der Waals surface area contributed by atoms with E-state index >= 15 is 0 Å². The van der Waals surface area contributed by atoms with Crippen molar-refractivity contribution in [2.45, 2.75) is 0 Å². The van der Waals surface area contributed by atoms with E-state index in [2.05, 4.69) is 28.5 Å². The van der Waals surface area contributed by atoms with E-state index in [9.17, 15) is 9.65 Å². The lowest BCUT2D eigenvalue weighted by atomic mass is 10.0. The third-order valence-corrected chi connectivity index (χ3v) is 3.71. The number of ether oxygens (including phenoxy) is 1. The number of nitriles is 1. The molecule has 0 radical (unpaired) electrons. The van der Waals surface area contributed by atoms with Crippen LogP contribution in [-0.2, 0) is 0 Å². The molecule has 0 N–H and O–H groups in total. The van der Waals surface area contributed by atoms with Crippen LogP contribution in [0.2, 0.25) is 0 Å². The van der Waals surface area contributed by atoms with Crippen LogP contribution in [0.1, 0.15) is 11.1 Å². The van der Waals surface area contributed by atoms with Crippen LogP contribution in [0.5, 0.6) is 5.75 Å². The molecule has 0 amide bonds. The largest absolute Gasteiger partial charge is 0.480 e. The van der Waals surface area contributed by atoms with Crippen molar-refractivity contribution in [3.05, 3.63) is 63.0 Å². The van der Waals surface area contributed by atoms with Crippen molar-refractivity contribution in [1.29, 1.82) is 5.26 Å². The summed E-state index contributed by atoms with van der Waals surface area (Å²) in [5, 5.41) is 9.27. The molecule has 0 aromatic heterocycles. The molecule has 22 heavy (non-hydrogen) atoms. The lowest BCUT2D eigenvalue weighted by Crippen LogP contribution is -1.95. The summed E-state index contributed by atoms with van der Waals surface area (Å²) >= 11 is 2.13. The van der Waals surface area contributed by atoms with Gasteiger partial charge in [-0.2, -0.15) is 5.26 Å². The second-order valence-electron chi connectivity index (χ2n) is 4.33. The van der Waals surface area contributed by atoms with E-state index in [1.165, 1.54) is 6.07 Å². The standard InChI is InChI=1S/C18H11FINO/c1-2-9-22-18-8-7-13(11-17(18)20)10-14(12-21)15-5-3-4-6-16(15)19/h1,3-8,10-11H,9H2. The van der Waals surface area contributed by atoms with Crippen LogP contribution < -0.4 is 4.74 Å². The molecule has 0 aliphatic rings. The third-order valence-electron chi connectivity index (χ3n) is 2.86. The van der Waals surface area contributed by atoms with Gasteiger partial charge in [-0.1, -0.05) is 30.2 Å². The zero-order valence-corrected chi connectivity index (χ0v) is 13.7. The van der Waals surface area contributed by atoms with E-state index in [1.807, 2.05) is 12.1 Å². The highest BCUT2D eigenvalue weighted by molar-refractivity contribution is 14.1. The highest BCUT2D eigenvalue weighted by Crippen LogP contribution is 2.25. The molecule has 0 fully saturated rings. The summed E-state index contributed by atoms with van der Waals surface area (Å²) in [6, 6.07) is 13.7. The van der Waals surface area contributed by atoms with Crippen molar-refractivity contribution in [3.63, 3.8) is 0 Å². The van der Waals surface area contributed by atoms with Crippen LogP contribution >= 0.6 is 22.6 Å². The molecule has 0 unspecified atom stereocenters. The van der Waals surface area contributed by atoms with Gasteiger partial charge in [0.25, 0.3) is 0 Å². The maximum absolute atomic E-state index is 13.8. The highest BCUT2D eigenvalue weighted by Gasteiger charge is 2.08. The van der Waals surface area contributed by atoms with Crippen LogP contribution in [0.4, 0.5) is 4.39 Å². The molecule has 2 aromatic carbocycles. The van der Waals surface area contributed by atoms with E-state index in [4.69, 9.17) is 11.2 Å². The Labute approximate surface area is 142 Å². The Morgan fingerprint density at radius 3 is 2.73 bits per heavy atom. The number of nitrogens with zero attached hydrogens (tertiary/aromatic N) is 1. The van der Waals surface area contributed by atoms with Gasteiger partial charge in [0, 0.05) is 5.56 Å². The fourth-order valence-corrected chi connectivity index (χ4v) is 2.55. The molecule has 0 aliphatic heterocycles. The molecular weight excluding hydrogens is 392 g/mol. The fourth-order valence-electron chi connectivity index (χ4n) is 1.86. The van der Waals surface area contributed by atoms with Crippen molar-refractivity contribution >= 4 is 34.2 Å². The molecule has 0 spiro atoms. The summed E-state index contributed by atoms with van der Waals surface area (Å²) in [6.45, 7) is 0.198. The van der Waals surface area contributed by atoms with E-state index in [1.54, 1.807) is 36.4 Å². The lowest BCUT2D eigenvalue weighted by Gasteiger charge is -2.06. The molecule has 0 saturated heterocycles. The second kappa shape index (κ2) is 7.63. The van der Waals surface area contributed by atoms with E-state index in [-0.39, 0.29) is 17.7 Å². The smallest absolute Gasteiger partial charge is 0.148 e. The van der Waals surface area contributed by atoms with Gasteiger partial charge in [-0.25, -0.2) is 4.39 Å². The first-order chi connectivity index (χ1) is 10.7. The Balaban J connectivity index is 2.36. The number of allylic oxidation sites excluding steroid dienone is 1. The molecule has 2 rings (SSSR count). The Kier molecular flexibility index (Phi) is 5.57. The van der Waals surface area contributed by atoms with Gasteiger partial charge < -0.3 is 4.74 Å². The molecule has 2 nitrogen and oxygen atoms in total. The monoisotopic (exact) mass is 403 g/mol. The number of hydrogen-bond donors (Lipinski definition) is 0. The second-order valence-corrected chi connectivity index (χ2v) is 5.49. The van der Waals surface area contributed by atoms with Crippen molar-refractivity contribution in [1.82, 2.24) is 0 Å². The minimum atomic E-state index is -0.418. The minimum absolute atomic E-state index is 0.198. The summed E-state index contributed by atoms with van der Waals surface area (Å²) in [5.41, 5.74) is 1.34. The molecule has 0 saturated carbocycles. The minimum Gasteiger partial charge on any atom is -0.480 e. The Hall–Kier alpha value is -2.31. The third kappa shape index (κ3) is 3.87. The number of hydrogen-bond acceptors (Lipinski definition) is 2. The normalized spacial score (nSPS) is 10.6. The van der Waals surface area contributed by atoms with Gasteiger partial charge in [0.15, 0.2) is 0 Å². The number of terminal acetylenes is 1. The van der Waals surface area contributed by atoms with Crippen molar-refractivity contribution in [3.8, 4) is 24.2 Å². The average molecular weight is 403 g/mol. The van der Waals surface area contributed by atoms with Gasteiger partial charge in [0.05, 0.1) is 15.2 Å². The quantitative estimate of drug-likeness (QED) is 0.326. The SMILES string of the molecule is C#CCOc1ccc(C=C(C#N)c2ccccc2F)cc1I. The van der Waals surface area contributed by atoms with Gasteiger partial charge >= 0.3 is 0 Å². The fraction of sp³-hybridized carbons (Fsp3) is 0.0556. The first-order valence-electron chi connectivity index (χ1n) is 6.38. The van der Waals surface area contributed by atoms with Gasteiger partial charge in [-0.05, 0) is 52.4 Å². The average Bonchev–Trinajstić information content (AvgIpc) is 2.52. The summed E-state index contributed by atoms with van der Waals surface area (Å²) in [5.74, 6) is 2.67. The zero-order valence-electron chi connectivity index (χ0n) is 11.5. The number of benzene rings is 2. The van der Waals surface area contributed by atoms with Crippen molar-refractivity contribution < 1.29 is 9.13 Å². The molecule has 108 valence electrons. The summed E-state index contributed by atoms with van der Waals surface area (Å²) in [4.78, 5) is 0. The predicted molar refractivity (Wildman–Crippen MR) is 93.4 cm³/mol. The van der Waals surface area contributed by atoms with E-state index in [0.29, 0.717) is 5.75 Å². The van der Waals surface area contributed by atoms with E-state index in [0.717, 1.165) is 9.13 Å². The van der Waals surface area contributed by atoms with Crippen LogP contribution in [0.25, 0.3) is 11.6 Å². The first-order valence-corrected chi connectivity index (χ1v) is 7.46. The topological polar surface area (TPSA) is 33.0 Å². The molecule has 0 atom stereocenters. The van der Waals surface area contributed by atoms with Gasteiger partial charge in [-0.15, -0.1) is 6.42 Å². The maximum Gasteiger partial charge on any atom is 0.148 e. The zero-order chi connectivity index (χ0) is 15.9. The molecule has 0 aliphatic carbocycles. The van der Waals surface area contributed by atoms with Crippen molar-refractivity contribution in [2.24, 2.45) is 0 Å². The Bertz CT molecular complexity index is 799. The van der Waals surface area contributed by atoms with Crippen LogP contribution in [0.15, 0.2) is 42.5 Å². The van der Waals surface area contributed by atoms with Crippen molar-refractivity contribution in [2.75, 3.05) is 6.61 Å². The van der Waals surface area contributed by atoms with Crippen LogP contribution in [0, 0.1) is 33.1 Å². The molecule has 4 heteroatoms. The molecule has 0 heterocycles. The predicted octanol–water partition coefficient (Wildman–Crippen LogP) is 4.51. The van der Waals surface area contributed by atoms with Crippen LogP contribution in [-0.4, -0.2) is 6.61 Å². The first kappa shape index (κ1) is 16.1. The van der Waals surface area contributed by atoms with Gasteiger partial charge in [0.2, 0.25) is 0 Å².